The number of piperazine rings is 1. The smallest absolute Gasteiger partial charge is 0.254 e. The highest BCUT2D eigenvalue weighted by Crippen LogP contribution is 2.17. The molecule has 1 aromatic carbocycles. The van der Waals surface area contributed by atoms with E-state index >= 15 is 0 Å². The van der Waals surface area contributed by atoms with Crippen LogP contribution in [0.15, 0.2) is 24.3 Å². The van der Waals surface area contributed by atoms with Crippen molar-refractivity contribution in [3.8, 4) is 0 Å². The zero-order valence-corrected chi connectivity index (χ0v) is 12.2. The third-order valence-corrected chi connectivity index (χ3v) is 3.47. The number of carbonyl (C=O) groups is 1. The fourth-order valence-electron chi connectivity index (χ4n) is 2.41. The van der Waals surface area contributed by atoms with Crippen LogP contribution in [-0.4, -0.2) is 50.1 Å². The molecule has 104 valence electrons. The van der Waals surface area contributed by atoms with E-state index in [1.54, 1.807) is 0 Å². The van der Waals surface area contributed by atoms with Crippen molar-refractivity contribution in [2.45, 2.75) is 19.4 Å². The second-order valence-electron chi connectivity index (χ2n) is 5.98. The number of anilines is 1. The first kappa shape index (κ1) is 13.9. The lowest BCUT2D eigenvalue weighted by atomic mass is 10.0. The maximum Gasteiger partial charge on any atom is 0.254 e. The van der Waals surface area contributed by atoms with Crippen molar-refractivity contribution in [1.29, 1.82) is 0 Å². The van der Waals surface area contributed by atoms with Crippen LogP contribution in [0.5, 0.6) is 0 Å². The molecule has 0 bridgehead atoms. The normalized spacial score (nSPS) is 18.2. The van der Waals surface area contributed by atoms with Gasteiger partial charge in [-0.25, -0.2) is 0 Å². The summed E-state index contributed by atoms with van der Waals surface area (Å²) in [6, 6.07) is 7.80. The van der Waals surface area contributed by atoms with Gasteiger partial charge >= 0.3 is 0 Å². The summed E-state index contributed by atoms with van der Waals surface area (Å²) in [6.45, 7) is 6.63. The van der Waals surface area contributed by atoms with Crippen LogP contribution < -0.4 is 10.2 Å². The van der Waals surface area contributed by atoms with Gasteiger partial charge < -0.3 is 15.1 Å². The third kappa shape index (κ3) is 3.26. The average Bonchev–Trinajstić information content (AvgIpc) is 2.37. The SMILES string of the molecule is CN(C)c1cccc(C(=O)N2CCNC(C)(C)C2)c1. The van der Waals surface area contributed by atoms with Gasteiger partial charge in [-0.05, 0) is 32.0 Å². The Morgan fingerprint density at radius 2 is 2.11 bits per heavy atom. The van der Waals surface area contributed by atoms with Crippen LogP contribution in [0.1, 0.15) is 24.2 Å². The second-order valence-corrected chi connectivity index (χ2v) is 5.98. The molecule has 0 saturated carbocycles. The van der Waals surface area contributed by atoms with E-state index in [1.165, 1.54) is 0 Å². The molecular weight excluding hydrogens is 238 g/mol. The number of rotatable bonds is 2. The van der Waals surface area contributed by atoms with E-state index < -0.39 is 0 Å². The van der Waals surface area contributed by atoms with Crippen molar-refractivity contribution in [2.24, 2.45) is 0 Å². The molecule has 1 saturated heterocycles. The van der Waals surface area contributed by atoms with Crippen molar-refractivity contribution in [3.05, 3.63) is 29.8 Å². The molecule has 1 fully saturated rings. The van der Waals surface area contributed by atoms with Crippen LogP contribution >= 0.6 is 0 Å². The highest BCUT2D eigenvalue weighted by Gasteiger charge is 2.29. The van der Waals surface area contributed by atoms with Crippen molar-refractivity contribution >= 4 is 11.6 Å². The van der Waals surface area contributed by atoms with Gasteiger partial charge in [0.05, 0.1) is 0 Å². The number of carbonyl (C=O) groups excluding carboxylic acids is 1. The first-order valence-electron chi connectivity index (χ1n) is 6.71. The Hall–Kier alpha value is -1.55. The minimum atomic E-state index is -0.00688. The van der Waals surface area contributed by atoms with E-state index in [0.717, 1.165) is 30.9 Å². The molecule has 0 atom stereocenters. The van der Waals surface area contributed by atoms with Gasteiger partial charge in [-0.15, -0.1) is 0 Å². The molecule has 4 heteroatoms. The Morgan fingerprint density at radius 1 is 1.37 bits per heavy atom. The average molecular weight is 261 g/mol. The van der Waals surface area contributed by atoms with Crippen molar-refractivity contribution in [2.75, 3.05) is 38.6 Å². The van der Waals surface area contributed by atoms with Gasteiger partial charge in [0.2, 0.25) is 0 Å². The molecule has 1 heterocycles. The first-order valence-corrected chi connectivity index (χ1v) is 6.71. The third-order valence-electron chi connectivity index (χ3n) is 3.47. The number of hydrogen-bond donors (Lipinski definition) is 1. The molecule has 0 radical (unpaired) electrons. The Labute approximate surface area is 115 Å². The minimum absolute atomic E-state index is 0.00688. The summed E-state index contributed by atoms with van der Waals surface area (Å²) >= 11 is 0. The summed E-state index contributed by atoms with van der Waals surface area (Å²) in [6.07, 6.45) is 0. The number of hydrogen-bond acceptors (Lipinski definition) is 3. The number of amides is 1. The summed E-state index contributed by atoms with van der Waals surface area (Å²) in [5.74, 6) is 0.123. The van der Waals surface area contributed by atoms with Crippen molar-refractivity contribution in [1.82, 2.24) is 10.2 Å². The standard InChI is InChI=1S/C15H23N3O/c1-15(2)11-18(9-8-16-15)14(19)12-6-5-7-13(10-12)17(3)4/h5-7,10,16H,8-9,11H2,1-4H3. The summed E-state index contributed by atoms with van der Waals surface area (Å²) in [7, 11) is 3.97. The van der Waals surface area contributed by atoms with Crippen LogP contribution in [0.2, 0.25) is 0 Å². The predicted octanol–water partition coefficient (Wildman–Crippen LogP) is 1.58. The van der Waals surface area contributed by atoms with E-state index in [2.05, 4.69) is 19.2 Å². The number of benzene rings is 1. The molecule has 19 heavy (non-hydrogen) atoms. The Kier molecular flexibility index (Phi) is 3.80. The molecule has 4 nitrogen and oxygen atoms in total. The zero-order chi connectivity index (χ0) is 14.0. The lowest BCUT2D eigenvalue weighted by Gasteiger charge is -2.39. The van der Waals surface area contributed by atoms with E-state index in [4.69, 9.17) is 0 Å². The largest absolute Gasteiger partial charge is 0.378 e. The maximum atomic E-state index is 12.5. The number of nitrogens with one attached hydrogen (secondary N) is 1. The summed E-state index contributed by atoms with van der Waals surface area (Å²) in [5.41, 5.74) is 1.82. The van der Waals surface area contributed by atoms with E-state index in [1.807, 2.05) is 48.2 Å². The molecule has 1 N–H and O–H groups in total. The van der Waals surface area contributed by atoms with Gasteiger partial charge in [-0.2, -0.15) is 0 Å². The quantitative estimate of drug-likeness (QED) is 0.878. The summed E-state index contributed by atoms with van der Waals surface area (Å²) in [4.78, 5) is 16.5. The highest BCUT2D eigenvalue weighted by atomic mass is 16.2. The van der Waals surface area contributed by atoms with Gasteiger partial charge in [0.25, 0.3) is 5.91 Å². The van der Waals surface area contributed by atoms with Crippen molar-refractivity contribution < 1.29 is 4.79 Å². The van der Waals surface area contributed by atoms with Gasteiger partial charge in [-0.1, -0.05) is 6.07 Å². The predicted molar refractivity (Wildman–Crippen MR) is 78.8 cm³/mol. The van der Waals surface area contributed by atoms with Crippen LogP contribution in [0.25, 0.3) is 0 Å². The van der Waals surface area contributed by atoms with E-state index in [-0.39, 0.29) is 11.4 Å². The molecule has 1 aliphatic heterocycles. The molecule has 1 amide bonds. The minimum Gasteiger partial charge on any atom is -0.378 e. The Morgan fingerprint density at radius 3 is 2.74 bits per heavy atom. The molecule has 0 aliphatic carbocycles. The number of nitrogens with zero attached hydrogens (tertiary/aromatic N) is 2. The topological polar surface area (TPSA) is 35.6 Å². The fourth-order valence-corrected chi connectivity index (χ4v) is 2.41. The van der Waals surface area contributed by atoms with E-state index in [9.17, 15) is 4.79 Å². The van der Waals surface area contributed by atoms with Crippen LogP contribution in [0, 0.1) is 0 Å². The lowest BCUT2D eigenvalue weighted by Crippen LogP contribution is -2.58. The Balaban J connectivity index is 2.17. The maximum absolute atomic E-state index is 12.5. The summed E-state index contributed by atoms with van der Waals surface area (Å²) < 4.78 is 0. The molecule has 1 aliphatic rings. The molecule has 0 unspecified atom stereocenters. The van der Waals surface area contributed by atoms with E-state index in [0.29, 0.717) is 0 Å². The van der Waals surface area contributed by atoms with Crippen LogP contribution in [0.3, 0.4) is 0 Å². The van der Waals surface area contributed by atoms with Gasteiger partial charge in [0.15, 0.2) is 0 Å². The Bertz CT molecular complexity index is 468. The molecule has 0 aromatic heterocycles. The lowest BCUT2D eigenvalue weighted by molar-refractivity contribution is 0.0652. The summed E-state index contributed by atoms with van der Waals surface area (Å²) in [5, 5.41) is 3.42. The van der Waals surface area contributed by atoms with Gasteiger partial charge in [-0.3, -0.25) is 4.79 Å². The fraction of sp³-hybridized carbons (Fsp3) is 0.533. The monoisotopic (exact) mass is 261 g/mol. The van der Waals surface area contributed by atoms with Crippen molar-refractivity contribution in [3.63, 3.8) is 0 Å². The highest BCUT2D eigenvalue weighted by molar-refractivity contribution is 5.95. The first-order chi connectivity index (χ1) is 8.89. The van der Waals surface area contributed by atoms with Crippen LogP contribution in [-0.2, 0) is 0 Å². The molecular formula is C15H23N3O. The molecule has 1 aromatic rings. The molecule has 2 rings (SSSR count). The second kappa shape index (κ2) is 5.21. The van der Waals surface area contributed by atoms with Gasteiger partial charge in [0.1, 0.15) is 0 Å². The van der Waals surface area contributed by atoms with Crippen LogP contribution in [0.4, 0.5) is 5.69 Å². The zero-order valence-electron chi connectivity index (χ0n) is 12.2. The van der Waals surface area contributed by atoms with Gasteiger partial charge in [0, 0.05) is 50.5 Å². The molecule has 0 spiro atoms.